The molecule has 0 spiro atoms. The van der Waals surface area contributed by atoms with E-state index >= 15 is 0 Å². The Morgan fingerprint density at radius 2 is 2.22 bits per heavy atom. The first-order valence-electron chi connectivity index (χ1n) is 3.43. The Morgan fingerprint density at radius 3 is 2.44 bits per heavy atom. The van der Waals surface area contributed by atoms with Crippen molar-refractivity contribution in [3.8, 4) is 0 Å². The third-order valence-corrected chi connectivity index (χ3v) is 2.89. The number of fused-ring (bicyclic) bond motifs is 1. The Bertz CT molecular complexity index is 142. The molecule has 0 unspecified atom stereocenters. The van der Waals surface area contributed by atoms with Crippen LogP contribution in [0.1, 0.15) is 13.8 Å². The molecule has 3 atom stereocenters. The summed E-state index contributed by atoms with van der Waals surface area (Å²) in [6, 6.07) is 0. The van der Waals surface area contributed by atoms with Crippen molar-refractivity contribution >= 4 is 0 Å². The van der Waals surface area contributed by atoms with Crippen molar-refractivity contribution in [2.24, 2.45) is 17.3 Å². The summed E-state index contributed by atoms with van der Waals surface area (Å²) in [5.74, 6) is 1.06. The molecule has 2 fully saturated rings. The van der Waals surface area contributed by atoms with Crippen molar-refractivity contribution in [1.29, 1.82) is 0 Å². The van der Waals surface area contributed by atoms with Gasteiger partial charge in [-0.3, -0.25) is 0 Å². The number of hydrogen-bond acceptors (Lipinski definition) is 2. The first-order chi connectivity index (χ1) is 4.14. The van der Waals surface area contributed by atoms with Crippen molar-refractivity contribution < 1.29 is 9.84 Å². The van der Waals surface area contributed by atoms with Gasteiger partial charge in [-0.05, 0) is 11.3 Å². The zero-order valence-electron chi connectivity index (χ0n) is 5.79. The Kier molecular flexibility index (Phi) is 0.837. The van der Waals surface area contributed by atoms with Crippen molar-refractivity contribution in [2.75, 3.05) is 6.61 Å². The van der Waals surface area contributed by atoms with Gasteiger partial charge in [-0.2, -0.15) is 0 Å². The van der Waals surface area contributed by atoms with Crippen LogP contribution in [-0.2, 0) is 4.74 Å². The van der Waals surface area contributed by atoms with E-state index in [1.807, 2.05) is 0 Å². The van der Waals surface area contributed by atoms with E-state index in [2.05, 4.69) is 13.8 Å². The lowest BCUT2D eigenvalue weighted by atomic mass is 10.1. The topological polar surface area (TPSA) is 29.5 Å². The Labute approximate surface area is 54.8 Å². The van der Waals surface area contributed by atoms with E-state index in [1.54, 1.807) is 0 Å². The molecule has 52 valence electrons. The van der Waals surface area contributed by atoms with Crippen LogP contribution in [0.15, 0.2) is 0 Å². The molecule has 2 nitrogen and oxygen atoms in total. The minimum atomic E-state index is -0.468. The predicted molar refractivity (Wildman–Crippen MR) is 32.7 cm³/mol. The van der Waals surface area contributed by atoms with E-state index in [-0.39, 0.29) is 0 Å². The van der Waals surface area contributed by atoms with Crippen molar-refractivity contribution in [3.05, 3.63) is 0 Å². The summed E-state index contributed by atoms with van der Waals surface area (Å²) >= 11 is 0. The normalized spacial score (nSPS) is 53.0. The molecule has 0 bridgehead atoms. The van der Waals surface area contributed by atoms with Gasteiger partial charge in [-0.25, -0.2) is 0 Å². The summed E-state index contributed by atoms with van der Waals surface area (Å²) in [6.07, 6.45) is -0.468. The van der Waals surface area contributed by atoms with Gasteiger partial charge in [-0.1, -0.05) is 13.8 Å². The summed E-state index contributed by atoms with van der Waals surface area (Å²) < 4.78 is 5.01. The van der Waals surface area contributed by atoms with Crippen molar-refractivity contribution in [2.45, 2.75) is 20.1 Å². The average Bonchev–Trinajstić information content (AvgIpc) is 2.19. The van der Waals surface area contributed by atoms with Crippen LogP contribution in [0.4, 0.5) is 0 Å². The summed E-state index contributed by atoms with van der Waals surface area (Å²) in [4.78, 5) is 0. The Hall–Kier alpha value is -0.0800. The molecule has 0 radical (unpaired) electrons. The van der Waals surface area contributed by atoms with Crippen LogP contribution in [0, 0.1) is 17.3 Å². The van der Waals surface area contributed by atoms with Gasteiger partial charge in [-0.15, -0.1) is 0 Å². The molecule has 1 aliphatic heterocycles. The van der Waals surface area contributed by atoms with E-state index in [9.17, 15) is 0 Å². The van der Waals surface area contributed by atoms with Crippen LogP contribution in [0.5, 0.6) is 0 Å². The van der Waals surface area contributed by atoms with Gasteiger partial charge < -0.3 is 9.84 Å². The van der Waals surface area contributed by atoms with Gasteiger partial charge >= 0.3 is 0 Å². The summed E-state index contributed by atoms with van der Waals surface area (Å²) in [5.41, 5.74) is 0.359. The smallest absolute Gasteiger partial charge is 0.158 e. The van der Waals surface area contributed by atoms with Gasteiger partial charge in [0.1, 0.15) is 0 Å². The maximum Gasteiger partial charge on any atom is 0.158 e. The molecular formula is C7H12O2. The number of ether oxygens (including phenoxy) is 1. The van der Waals surface area contributed by atoms with E-state index in [1.165, 1.54) is 0 Å². The monoisotopic (exact) mass is 128 g/mol. The van der Waals surface area contributed by atoms with Crippen LogP contribution in [0.3, 0.4) is 0 Å². The maximum absolute atomic E-state index is 9.15. The fraction of sp³-hybridized carbons (Fsp3) is 1.00. The van der Waals surface area contributed by atoms with E-state index < -0.39 is 6.29 Å². The lowest BCUT2D eigenvalue weighted by Crippen LogP contribution is -2.15. The lowest BCUT2D eigenvalue weighted by Gasteiger charge is -2.11. The first kappa shape index (κ1) is 5.69. The van der Waals surface area contributed by atoms with Crippen LogP contribution < -0.4 is 0 Å². The fourth-order valence-corrected chi connectivity index (χ4v) is 1.98. The number of aliphatic hydroxyl groups excluding tert-OH is 1. The minimum Gasteiger partial charge on any atom is -0.368 e. The Balaban J connectivity index is 2.14. The maximum atomic E-state index is 9.15. The van der Waals surface area contributed by atoms with Crippen molar-refractivity contribution in [1.82, 2.24) is 0 Å². The van der Waals surface area contributed by atoms with Gasteiger partial charge in [0, 0.05) is 5.92 Å². The molecule has 0 amide bonds. The highest BCUT2D eigenvalue weighted by Crippen LogP contribution is 2.63. The molecule has 2 aliphatic rings. The molecular weight excluding hydrogens is 116 g/mol. The van der Waals surface area contributed by atoms with Crippen LogP contribution >= 0.6 is 0 Å². The average molecular weight is 128 g/mol. The molecule has 0 aromatic heterocycles. The zero-order chi connectivity index (χ0) is 6.65. The summed E-state index contributed by atoms with van der Waals surface area (Å²) in [6.45, 7) is 5.14. The summed E-state index contributed by atoms with van der Waals surface area (Å²) in [7, 11) is 0. The van der Waals surface area contributed by atoms with Crippen LogP contribution in [0.2, 0.25) is 0 Å². The standard InChI is InChI=1S/C7H12O2/c1-7(2)4-3-9-6(8)5(4)7/h4-6,8H,3H2,1-2H3/t4-,5-,6+/m1/s1. The van der Waals surface area contributed by atoms with Gasteiger partial charge in [0.15, 0.2) is 6.29 Å². The molecule has 0 aromatic rings. The second-order valence-corrected chi connectivity index (χ2v) is 3.68. The van der Waals surface area contributed by atoms with E-state index in [4.69, 9.17) is 9.84 Å². The molecule has 2 rings (SSSR count). The number of hydrogen-bond donors (Lipinski definition) is 1. The lowest BCUT2D eigenvalue weighted by molar-refractivity contribution is -0.0960. The second kappa shape index (κ2) is 1.32. The SMILES string of the molecule is CC1(C)[C@@H]2[C@H]1CO[C@@H]2O. The minimum absolute atomic E-state index is 0.359. The van der Waals surface area contributed by atoms with Gasteiger partial charge in [0.2, 0.25) is 0 Å². The molecule has 1 heterocycles. The molecule has 9 heavy (non-hydrogen) atoms. The third kappa shape index (κ3) is 0.528. The highest BCUT2D eigenvalue weighted by Gasteiger charge is 2.65. The van der Waals surface area contributed by atoms with Crippen molar-refractivity contribution in [3.63, 3.8) is 0 Å². The highest BCUT2D eigenvalue weighted by molar-refractivity contribution is 5.09. The molecule has 1 saturated carbocycles. The largest absolute Gasteiger partial charge is 0.368 e. The highest BCUT2D eigenvalue weighted by atomic mass is 16.6. The number of rotatable bonds is 0. The first-order valence-corrected chi connectivity index (χ1v) is 3.43. The molecule has 0 aromatic carbocycles. The molecule has 1 saturated heterocycles. The number of aliphatic hydroxyl groups is 1. The molecule has 2 heteroatoms. The second-order valence-electron chi connectivity index (χ2n) is 3.68. The quantitative estimate of drug-likeness (QED) is 0.518. The van der Waals surface area contributed by atoms with E-state index in [0.29, 0.717) is 17.3 Å². The van der Waals surface area contributed by atoms with Gasteiger partial charge in [0.05, 0.1) is 6.61 Å². The van der Waals surface area contributed by atoms with Crippen LogP contribution in [0.25, 0.3) is 0 Å². The predicted octanol–water partition coefficient (Wildman–Crippen LogP) is 0.607. The van der Waals surface area contributed by atoms with E-state index in [0.717, 1.165) is 6.61 Å². The van der Waals surface area contributed by atoms with Gasteiger partial charge in [0.25, 0.3) is 0 Å². The fourth-order valence-electron chi connectivity index (χ4n) is 1.98. The Morgan fingerprint density at radius 1 is 1.56 bits per heavy atom. The third-order valence-electron chi connectivity index (χ3n) is 2.89. The molecule has 1 N–H and O–H groups in total. The zero-order valence-corrected chi connectivity index (χ0v) is 5.79. The summed E-state index contributed by atoms with van der Waals surface area (Å²) in [5, 5.41) is 9.15. The van der Waals surface area contributed by atoms with Crippen LogP contribution in [-0.4, -0.2) is 18.0 Å². The molecule has 1 aliphatic carbocycles.